The highest BCUT2D eigenvalue weighted by atomic mass is 32.2. The fraction of sp³-hybridized carbons (Fsp3) is 0.0800. The number of fused-ring (bicyclic) bond motifs is 1. The molecule has 9 nitrogen and oxygen atoms in total. The summed E-state index contributed by atoms with van der Waals surface area (Å²) in [5.74, 6) is -0.0893. The number of methoxy groups -OCH3 is 2. The summed E-state index contributed by atoms with van der Waals surface area (Å²) in [7, 11) is -1.07. The molecule has 0 aliphatic carbocycles. The second-order valence-corrected chi connectivity index (χ2v) is 9.01. The highest BCUT2D eigenvalue weighted by Gasteiger charge is 2.19. The molecule has 4 rings (SSSR count). The number of nitrogens with one attached hydrogen (secondary N) is 1. The van der Waals surface area contributed by atoms with Crippen LogP contribution >= 0.6 is 0 Å². The van der Waals surface area contributed by atoms with Crippen LogP contribution in [0.5, 0.6) is 17.2 Å². The van der Waals surface area contributed by atoms with Gasteiger partial charge in [0.25, 0.3) is 15.9 Å². The van der Waals surface area contributed by atoms with E-state index in [1.54, 1.807) is 42.5 Å². The molecule has 0 aromatic heterocycles. The minimum atomic E-state index is -3.99. The number of hydrogen-bond donors (Lipinski definition) is 2. The van der Waals surface area contributed by atoms with E-state index in [2.05, 4.69) is 15.0 Å². The van der Waals surface area contributed by atoms with Gasteiger partial charge >= 0.3 is 0 Å². The van der Waals surface area contributed by atoms with Crippen molar-refractivity contribution in [1.82, 2.24) is 0 Å². The summed E-state index contributed by atoms with van der Waals surface area (Å²) in [4.78, 5) is 12.6. The third-order valence-corrected chi connectivity index (χ3v) is 6.58. The fourth-order valence-corrected chi connectivity index (χ4v) is 4.51. The molecule has 0 unspecified atom stereocenters. The molecule has 0 saturated heterocycles. The van der Waals surface area contributed by atoms with Crippen LogP contribution in [-0.4, -0.2) is 33.7 Å². The highest BCUT2D eigenvalue weighted by molar-refractivity contribution is 7.92. The van der Waals surface area contributed by atoms with E-state index in [0.717, 1.165) is 0 Å². The molecule has 0 aliphatic rings. The van der Waals surface area contributed by atoms with Gasteiger partial charge in [0.1, 0.15) is 17.2 Å². The van der Waals surface area contributed by atoms with E-state index in [0.29, 0.717) is 22.3 Å². The van der Waals surface area contributed by atoms with Gasteiger partial charge in [0.15, 0.2) is 5.75 Å². The first-order chi connectivity index (χ1) is 16.8. The lowest BCUT2D eigenvalue weighted by Gasteiger charge is -2.13. The van der Waals surface area contributed by atoms with Crippen LogP contribution in [0.3, 0.4) is 0 Å². The van der Waals surface area contributed by atoms with Gasteiger partial charge in [-0.2, -0.15) is 0 Å². The van der Waals surface area contributed by atoms with Gasteiger partial charge in [0.05, 0.1) is 30.4 Å². The molecular formula is C25H21N3O6S. The number of amides is 1. The Kier molecular flexibility index (Phi) is 6.65. The first-order valence-electron chi connectivity index (χ1n) is 10.3. The maximum atomic E-state index is 13.0. The Morgan fingerprint density at radius 3 is 2.23 bits per heavy atom. The standard InChI is InChI=1S/C25H21N3O6S/c1-33-16-11-13-17(14-12-16)35(31,32)28-21-15-22(24(29)19-8-4-3-7-18(19)21)26-27-25(30)20-9-5-6-10-23(20)34-2/h3-15,28-29H,1-2H3. The largest absolute Gasteiger partial charge is 0.505 e. The number of ether oxygens (including phenoxy) is 2. The van der Waals surface area contributed by atoms with Gasteiger partial charge in [0.2, 0.25) is 0 Å². The lowest BCUT2D eigenvalue weighted by molar-refractivity contribution is 0.0992. The van der Waals surface area contributed by atoms with Crippen LogP contribution in [0.15, 0.2) is 94.0 Å². The minimum absolute atomic E-state index is 0.0185. The molecule has 10 heteroatoms. The molecule has 35 heavy (non-hydrogen) atoms. The van der Waals surface area contributed by atoms with E-state index < -0.39 is 15.9 Å². The Hall–Kier alpha value is -4.44. The van der Waals surface area contributed by atoms with Crippen LogP contribution in [0.4, 0.5) is 11.4 Å². The average molecular weight is 492 g/mol. The monoisotopic (exact) mass is 491 g/mol. The van der Waals surface area contributed by atoms with Crippen molar-refractivity contribution in [2.75, 3.05) is 18.9 Å². The quantitative estimate of drug-likeness (QED) is 0.267. The molecule has 0 fully saturated rings. The maximum Gasteiger partial charge on any atom is 0.299 e. The van der Waals surface area contributed by atoms with E-state index in [-0.39, 0.29) is 27.6 Å². The molecule has 4 aromatic carbocycles. The fourth-order valence-electron chi connectivity index (χ4n) is 3.44. The molecule has 0 bridgehead atoms. The van der Waals surface area contributed by atoms with E-state index in [4.69, 9.17) is 9.47 Å². The minimum Gasteiger partial charge on any atom is -0.505 e. The molecule has 0 atom stereocenters. The van der Waals surface area contributed by atoms with Crippen LogP contribution in [0.1, 0.15) is 10.4 Å². The number of anilines is 1. The average Bonchev–Trinajstić information content (AvgIpc) is 2.89. The lowest BCUT2D eigenvalue weighted by atomic mass is 10.1. The number of benzene rings is 4. The van der Waals surface area contributed by atoms with Crippen LogP contribution in [0, 0.1) is 0 Å². The van der Waals surface area contributed by atoms with Crippen molar-refractivity contribution in [3.05, 3.63) is 84.4 Å². The predicted molar refractivity (Wildman–Crippen MR) is 131 cm³/mol. The maximum absolute atomic E-state index is 13.0. The SMILES string of the molecule is COc1ccc(S(=O)(=O)Nc2cc(N=NC(=O)c3ccccc3OC)c(O)c3ccccc23)cc1. The van der Waals surface area contributed by atoms with Gasteiger partial charge in [0, 0.05) is 10.8 Å². The van der Waals surface area contributed by atoms with Crippen molar-refractivity contribution < 1.29 is 27.8 Å². The third kappa shape index (κ3) is 4.92. The smallest absolute Gasteiger partial charge is 0.299 e. The van der Waals surface area contributed by atoms with E-state index in [1.165, 1.54) is 50.6 Å². The zero-order valence-corrected chi connectivity index (χ0v) is 19.6. The molecule has 0 spiro atoms. The molecule has 0 heterocycles. The topological polar surface area (TPSA) is 127 Å². The summed E-state index contributed by atoms with van der Waals surface area (Å²) in [5.41, 5.74) is 0.270. The zero-order valence-electron chi connectivity index (χ0n) is 18.8. The Balaban J connectivity index is 1.74. The zero-order chi connectivity index (χ0) is 25.0. The van der Waals surface area contributed by atoms with Crippen molar-refractivity contribution in [2.24, 2.45) is 10.2 Å². The number of carbonyl (C=O) groups is 1. The number of phenolic OH excluding ortho intramolecular Hbond substituents is 1. The van der Waals surface area contributed by atoms with E-state index >= 15 is 0 Å². The predicted octanol–water partition coefficient (Wildman–Crippen LogP) is 5.29. The summed E-state index contributed by atoms with van der Waals surface area (Å²) in [6.45, 7) is 0. The van der Waals surface area contributed by atoms with Gasteiger partial charge in [-0.1, -0.05) is 36.4 Å². The van der Waals surface area contributed by atoms with Crippen molar-refractivity contribution in [2.45, 2.75) is 4.90 Å². The Morgan fingerprint density at radius 2 is 1.54 bits per heavy atom. The second kappa shape index (κ2) is 9.82. The number of aromatic hydroxyl groups is 1. The number of nitrogens with zero attached hydrogens (tertiary/aromatic N) is 2. The van der Waals surface area contributed by atoms with Gasteiger partial charge in [-0.05, 0) is 42.5 Å². The summed E-state index contributed by atoms with van der Waals surface area (Å²) in [6, 6.07) is 20.4. The van der Waals surface area contributed by atoms with Crippen LogP contribution in [0.2, 0.25) is 0 Å². The molecule has 1 amide bonds. The molecule has 178 valence electrons. The molecule has 0 saturated carbocycles. The summed E-state index contributed by atoms with van der Waals surface area (Å²) >= 11 is 0. The number of azo groups is 1. The van der Waals surface area contributed by atoms with Crippen molar-refractivity contribution >= 4 is 38.1 Å². The highest BCUT2D eigenvalue weighted by Crippen LogP contribution is 2.40. The van der Waals surface area contributed by atoms with E-state index in [1.807, 2.05) is 0 Å². The normalized spacial score (nSPS) is 11.5. The van der Waals surface area contributed by atoms with Gasteiger partial charge in [-0.3, -0.25) is 9.52 Å². The van der Waals surface area contributed by atoms with Crippen LogP contribution < -0.4 is 14.2 Å². The van der Waals surface area contributed by atoms with Crippen molar-refractivity contribution in [1.29, 1.82) is 0 Å². The summed E-state index contributed by atoms with van der Waals surface area (Å²) in [5, 5.41) is 19.1. The molecule has 2 N–H and O–H groups in total. The first-order valence-corrected chi connectivity index (χ1v) is 11.8. The Labute approximate surface area is 201 Å². The second-order valence-electron chi connectivity index (χ2n) is 7.32. The summed E-state index contributed by atoms with van der Waals surface area (Å²) in [6.07, 6.45) is 0. The number of para-hydroxylation sites is 1. The van der Waals surface area contributed by atoms with Gasteiger partial charge in [-0.25, -0.2) is 8.42 Å². The molecule has 4 aromatic rings. The Morgan fingerprint density at radius 1 is 0.886 bits per heavy atom. The van der Waals surface area contributed by atoms with Crippen LogP contribution in [-0.2, 0) is 10.0 Å². The number of sulfonamides is 1. The van der Waals surface area contributed by atoms with Gasteiger partial charge in [-0.15, -0.1) is 10.2 Å². The molecular weight excluding hydrogens is 470 g/mol. The number of carbonyl (C=O) groups excluding carboxylic acids is 1. The lowest BCUT2D eigenvalue weighted by Crippen LogP contribution is -2.13. The molecule has 0 aliphatic heterocycles. The number of phenols is 1. The van der Waals surface area contributed by atoms with Crippen LogP contribution in [0.25, 0.3) is 10.8 Å². The van der Waals surface area contributed by atoms with Crippen molar-refractivity contribution in [3.8, 4) is 17.2 Å². The van der Waals surface area contributed by atoms with Crippen molar-refractivity contribution in [3.63, 3.8) is 0 Å². The number of rotatable bonds is 7. The van der Waals surface area contributed by atoms with E-state index in [9.17, 15) is 18.3 Å². The summed E-state index contributed by atoms with van der Waals surface area (Å²) < 4.78 is 38.8. The molecule has 0 radical (unpaired) electrons. The first kappa shape index (κ1) is 23.7. The van der Waals surface area contributed by atoms with Gasteiger partial charge < -0.3 is 14.6 Å². The number of hydrogen-bond acceptors (Lipinski definition) is 7. The Bertz CT molecular complexity index is 1530. The third-order valence-electron chi connectivity index (χ3n) is 5.20.